The number of nitrogens with one attached hydrogen (secondary N) is 1. The van der Waals surface area contributed by atoms with Gasteiger partial charge < -0.3 is 5.32 Å². The van der Waals surface area contributed by atoms with Gasteiger partial charge in [0.1, 0.15) is 0 Å². The average molecular weight is 234 g/mol. The number of hydrogen-bond acceptors (Lipinski definition) is 4. The van der Waals surface area contributed by atoms with Crippen LogP contribution in [0.3, 0.4) is 0 Å². The quantitative estimate of drug-likeness (QED) is 0.846. The second kappa shape index (κ2) is 5.96. The molecular weight excluding hydrogens is 212 g/mol. The molecule has 4 nitrogen and oxygen atoms in total. The standard InChI is InChI=1S/C13H22N4/c1-11(2)10-17-8-3-5-12(17)9-16-13-14-6-4-7-15-13/h4,6-7,11-12H,3,5,8-10H2,1-2H3,(H,14,15,16)/t12-/m1/s1. The molecule has 0 saturated carbocycles. The van der Waals surface area contributed by atoms with Crippen LogP contribution in [0.2, 0.25) is 0 Å². The molecule has 2 rings (SSSR count). The molecule has 0 unspecified atom stereocenters. The smallest absolute Gasteiger partial charge is 0.222 e. The van der Waals surface area contributed by atoms with Crippen LogP contribution in [0.1, 0.15) is 26.7 Å². The highest BCUT2D eigenvalue weighted by atomic mass is 15.2. The second-order valence-corrected chi connectivity index (χ2v) is 5.14. The Bertz CT molecular complexity index is 325. The highest BCUT2D eigenvalue weighted by Gasteiger charge is 2.24. The monoisotopic (exact) mass is 234 g/mol. The van der Waals surface area contributed by atoms with Crippen molar-refractivity contribution in [3.8, 4) is 0 Å². The lowest BCUT2D eigenvalue weighted by molar-refractivity contribution is 0.234. The maximum atomic E-state index is 4.18. The topological polar surface area (TPSA) is 41.0 Å². The summed E-state index contributed by atoms with van der Waals surface area (Å²) in [6.45, 7) is 7.95. The first-order chi connectivity index (χ1) is 8.25. The molecule has 0 spiro atoms. The van der Waals surface area contributed by atoms with Crippen LogP contribution in [0.5, 0.6) is 0 Å². The lowest BCUT2D eigenvalue weighted by Crippen LogP contribution is -2.37. The van der Waals surface area contributed by atoms with Crippen molar-refractivity contribution >= 4 is 5.95 Å². The van der Waals surface area contributed by atoms with Crippen molar-refractivity contribution in [2.75, 3.05) is 25.0 Å². The zero-order valence-corrected chi connectivity index (χ0v) is 10.8. The molecule has 0 radical (unpaired) electrons. The van der Waals surface area contributed by atoms with Crippen LogP contribution in [-0.2, 0) is 0 Å². The molecule has 0 amide bonds. The number of anilines is 1. The Morgan fingerprint density at radius 3 is 2.88 bits per heavy atom. The summed E-state index contributed by atoms with van der Waals surface area (Å²) in [7, 11) is 0. The Morgan fingerprint density at radius 2 is 2.18 bits per heavy atom. The van der Waals surface area contributed by atoms with Gasteiger partial charge in [0.15, 0.2) is 0 Å². The number of aromatic nitrogens is 2. The van der Waals surface area contributed by atoms with Gasteiger partial charge in [-0.2, -0.15) is 0 Å². The highest BCUT2D eigenvalue weighted by Crippen LogP contribution is 2.18. The number of nitrogens with zero attached hydrogens (tertiary/aromatic N) is 3. The molecule has 1 aliphatic rings. The fourth-order valence-corrected chi connectivity index (χ4v) is 2.44. The number of rotatable bonds is 5. The summed E-state index contributed by atoms with van der Waals surface area (Å²) in [5, 5.41) is 3.33. The van der Waals surface area contributed by atoms with E-state index in [9.17, 15) is 0 Å². The Kier molecular flexibility index (Phi) is 4.31. The third-order valence-electron chi connectivity index (χ3n) is 3.16. The van der Waals surface area contributed by atoms with E-state index in [1.165, 1.54) is 25.9 Å². The van der Waals surface area contributed by atoms with Gasteiger partial charge in [-0.25, -0.2) is 9.97 Å². The minimum atomic E-state index is 0.640. The summed E-state index contributed by atoms with van der Waals surface area (Å²) in [6.07, 6.45) is 6.15. The van der Waals surface area contributed by atoms with E-state index in [0.29, 0.717) is 6.04 Å². The minimum absolute atomic E-state index is 0.640. The Balaban J connectivity index is 1.82. The normalized spacial score (nSPS) is 21.0. The minimum Gasteiger partial charge on any atom is -0.353 e. The molecule has 2 heterocycles. The maximum absolute atomic E-state index is 4.18. The second-order valence-electron chi connectivity index (χ2n) is 5.14. The van der Waals surface area contributed by atoms with Crippen LogP contribution in [0.25, 0.3) is 0 Å². The zero-order chi connectivity index (χ0) is 12.1. The maximum Gasteiger partial charge on any atom is 0.222 e. The van der Waals surface area contributed by atoms with Crippen molar-refractivity contribution in [3.05, 3.63) is 18.5 Å². The van der Waals surface area contributed by atoms with Gasteiger partial charge in [0.05, 0.1) is 0 Å². The summed E-state index contributed by atoms with van der Waals surface area (Å²) in [5.74, 6) is 1.48. The largest absolute Gasteiger partial charge is 0.353 e. The molecule has 1 N–H and O–H groups in total. The Morgan fingerprint density at radius 1 is 1.41 bits per heavy atom. The van der Waals surface area contributed by atoms with Crippen LogP contribution < -0.4 is 5.32 Å². The molecule has 1 aromatic heterocycles. The third kappa shape index (κ3) is 3.66. The predicted octanol–water partition coefficient (Wildman–Crippen LogP) is 2.01. The molecule has 0 aliphatic carbocycles. The molecule has 0 aromatic carbocycles. The number of likely N-dealkylation sites (tertiary alicyclic amines) is 1. The lowest BCUT2D eigenvalue weighted by Gasteiger charge is -2.26. The predicted molar refractivity (Wildman–Crippen MR) is 70.0 cm³/mol. The van der Waals surface area contributed by atoms with Crippen LogP contribution in [0.4, 0.5) is 5.95 Å². The van der Waals surface area contributed by atoms with Crippen molar-refractivity contribution in [3.63, 3.8) is 0 Å². The van der Waals surface area contributed by atoms with E-state index in [0.717, 1.165) is 18.4 Å². The van der Waals surface area contributed by atoms with E-state index in [1.807, 2.05) is 6.07 Å². The molecule has 1 fully saturated rings. The van der Waals surface area contributed by atoms with E-state index in [1.54, 1.807) is 12.4 Å². The van der Waals surface area contributed by atoms with Gasteiger partial charge >= 0.3 is 0 Å². The van der Waals surface area contributed by atoms with Crippen LogP contribution in [0, 0.1) is 5.92 Å². The fraction of sp³-hybridized carbons (Fsp3) is 0.692. The fourth-order valence-electron chi connectivity index (χ4n) is 2.44. The van der Waals surface area contributed by atoms with E-state index < -0.39 is 0 Å². The van der Waals surface area contributed by atoms with E-state index in [-0.39, 0.29) is 0 Å². The van der Waals surface area contributed by atoms with Crippen molar-refractivity contribution in [2.24, 2.45) is 5.92 Å². The van der Waals surface area contributed by atoms with Crippen LogP contribution in [0.15, 0.2) is 18.5 Å². The summed E-state index contributed by atoms with van der Waals surface area (Å²) in [5.41, 5.74) is 0. The summed E-state index contributed by atoms with van der Waals surface area (Å²) >= 11 is 0. The molecule has 1 aromatic rings. The first kappa shape index (κ1) is 12.3. The van der Waals surface area contributed by atoms with Crippen molar-refractivity contribution in [1.29, 1.82) is 0 Å². The average Bonchev–Trinajstić information content (AvgIpc) is 2.74. The van der Waals surface area contributed by atoms with E-state index in [2.05, 4.69) is 34.0 Å². The number of hydrogen-bond donors (Lipinski definition) is 1. The van der Waals surface area contributed by atoms with Crippen LogP contribution >= 0.6 is 0 Å². The van der Waals surface area contributed by atoms with Gasteiger partial charge in [0, 0.05) is 31.5 Å². The molecule has 1 atom stereocenters. The molecule has 17 heavy (non-hydrogen) atoms. The summed E-state index contributed by atoms with van der Waals surface area (Å²) in [6, 6.07) is 2.48. The third-order valence-corrected chi connectivity index (χ3v) is 3.16. The van der Waals surface area contributed by atoms with Gasteiger partial charge in [-0.3, -0.25) is 4.90 Å². The molecule has 4 heteroatoms. The molecule has 0 bridgehead atoms. The van der Waals surface area contributed by atoms with Crippen molar-refractivity contribution < 1.29 is 0 Å². The molecule has 1 aliphatic heterocycles. The lowest BCUT2D eigenvalue weighted by atomic mass is 10.1. The first-order valence-corrected chi connectivity index (χ1v) is 6.50. The van der Waals surface area contributed by atoms with Crippen LogP contribution in [-0.4, -0.2) is 40.5 Å². The van der Waals surface area contributed by atoms with Crippen molar-refractivity contribution in [1.82, 2.24) is 14.9 Å². The van der Waals surface area contributed by atoms with Gasteiger partial charge in [0.2, 0.25) is 5.95 Å². The Hall–Kier alpha value is -1.16. The van der Waals surface area contributed by atoms with Gasteiger partial charge in [-0.1, -0.05) is 13.8 Å². The molecular formula is C13H22N4. The summed E-state index contributed by atoms with van der Waals surface area (Å²) in [4.78, 5) is 11.0. The summed E-state index contributed by atoms with van der Waals surface area (Å²) < 4.78 is 0. The molecule has 94 valence electrons. The van der Waals surface area contributed by atoms with Gasteiger partial charge in [-0.05, 0) is 31.4 Å². The van der Waals surface area contributed by atoms with E-state index in [4.69, 9.17) is 0 Å². The molecule has 1 saturated heterocycles. The van der Waals surface area contributed by atoms with Gasteiger partial charge in [0.25, 0.3) is 0 Å². The van der Waals surface area contributed by atoms with Gasteiger partial charge in [-0.15, -0.1) is 0 Å². The first-order valence-electron chi connectivity index (χ1n) is 6.50. The van der Waals surface area contributed by atoms with Crippen molar-refractivity contribution in [2.45, 2.75) is 32.7 Å². The SMILES string of the molecule is CC(C)CN1CCC[C@@H]1CNc1ncccn1. The highest BCUT2D eigenvalue weighted by molar-refractivity contribution is 5.22. The zero-order valence-electron chi connectivity index (χ0n) is 10.8. The Labute approximate surface area is 103 Å². The van der Waals surface area contributed by atoms with E-state index >= 15 is 0 Å².